The molecule has 2 aromatic heterocycles. The van der Waals surface area contributed by atoms with Crippen molar-refractivity contribution in [1.82, 2.24) is 25.2 Å². The first-order valence-electron chi connectivity index (χ1n) is 10.5. The Morgan fingerprint density at radius 2 is 2.06 bits per heavy atom. The third kappa shape index (κ3) is 5.64. The second-order valence-corrected chi connectivity index (χ2v) is 7.48. The molecule has 3 aromatic rings. The monoisotopic (exact) mass is 545 g/mol. The van der Waals surface area contributed by atoms with E-state index in [9.17, 15) is 4.79 Å². The number of hydrogen-bond donors (Lipinski definition) is 3. The van der Waals surface area contributed by atoms with E-state index < -0.39 is 0 Å². The molecular weight excluding hydrogens is 517 g/mol. The number of para-hydroxylation sites is 1. The van der Waals surface area contributed by atoms with E-state index >= 15 is 0 Å². The van der Waals surface area contributed by atoms with Gasteiger partial charge >= 0.3 is 0 Å². The van der Waals surface area contributed by atoms with Gasteiger partial charge in [0.25, 0.3) is 0 Å². The van der Waals surface area contributed by atoms with Crippen LogP contribution in [0.3, 0.4) is 0 Å². The zero-order valence-corrected chi connectivity index (χ0v) is 20.5. The van der Waals surface area contributed by atoms with Crippen LogP contribution >= 0.6 is 24.0 Å². The minimum absolute atomic E-state index is 0. The summed E-state index contributed by atoms with van der Waals surface area (Å²) < 4.78 is 1.94. The zero-order valence-electron chi connectivity index (χ0n) is 18.2. The molecule has 32 heavy (non-hydrogen) atoms. The van der Waals surface area contributed by atoms with Gasteiger partial charge in [-0.25, -0.2) is 15.0 Å². The van der Waals surface area contributed by atoms with Crippen molar-refractivity contribution >= 4 is 41.5 Å². The number of imidazole rings is 1. The summed E-state index contributed by atoms with van der Waals surface area (Å²) in [5, 5.41) is 9.61. The van der Waals surface area contributed by atoms with Gasteiger partial charge in [0.1, 0.15) is 11.6 Å². The molecule has 1 aromatic carbocycles. The molecule has 1 unspecified atom stereocenters. The van der Waals surface area contributed by atoms with Crippen LogP contribution in [-0.2, 0) is 11.3 Å². The van der Waals surface area contributed by atoms with E-state index in [0.717, 1.165) is 41.0 Å². The summed E-state index contributed by atoms with van der Waals surface area (Å²) in [4.78, 5) is 25.5. The van der Waals surface area contributed by atoms with Crippen molar-refractivity contribution in [3.8, 4) is 5.82 Å². The first-order chi connectivity index (χ1) is 15.1. The van der Waals surface area contributed by atoms with Gasteiger partial charge < -0.3 is 16.0 Å². The van der Waals surface area contributed by atoms with Crippen LogP contribution < -0.4 is 16.0 Å². The first kappa shape index (κ1) is 23.7. The minimum Gasteiger partial charge on any atom is -0.357 e. The van der Waals surface area contributed by atoms with Crippen LogP contribution in [0.4, 0.5) is 5.69 Å². The molecule has 0 bridgehead atoms. The molecule has 1 amide bonds. The Balaban J connectivity index is 0.00000289. The first-order valence-corrected chi connectivity index (χ1v) is 10.5. The highest BCUT2D eigenvalue weighted by Gasteiger charge is 2.24. The Labute approximate surface area is 205 Å². The molecule has 1 atom stereocenters. The van der Waals surface area contributed by atoms with E-state index in [1.165, 1.54) is 0 Å². The molecule has 0 saturated carbocycles. The number of rotatable bonds is 6. The lowest BCUT2D eigenvalue weighted by Crippen LogP contribution is -2.40. The van der Waals surface area contributed by atoms with Crippen molar-refractivity contribution in [3.63, 3.8) is 0 Å². The zero-order chi connectivity index (χ0) is 21.6. The van der Waals surface area contributed by atoms with Crippen LogP contribution in [0, 0.1) is 6.92 Å². The number of hydrogen-bond acceptors (Lipinski definition) is 4. The van der Waals surface area contributed by atoms with E-state index in [1.807, 2.05) is 61.1 Å². The third-order valence-electron chi connectivity index (χ3n) is 5.27. The number of amides is 1. The predicted octanol–water partition coefficient (Wildman–Crippen LogP) is 3.37. The number of fused-ring (bicyclic) bond motifs is 1. The fourth-order valence-corrected chi connectivity index (χ4v) is 3.69. The van der Waals surface area contributed by atoms with Crippen LogP contribution in [0.1, 0.15) is 36.2 Å². The van der Waals surface area contributed by atoms with Gasteiger partial charge in [0.15, 0.2) is 5.96 Å². The highest BCUT2D eigenvalue weighted by molar-refractivity contribution is 14.0. The van der Waals surface area contributed by atoms with Gasteiger partial charge in [0.05, 0.1) is 6.54 Å². The van der Waals surface area contributed by atoms with Crippen molar-refractivity contribution in [2.75, 3.05) is 18.4 Å². The fraction of sp³-hybridized carbons (Fsp3) is 0.304. The van der Waals surface area contributed by atoms with Gasteiger partial charge in [0.2, 0.25) is 5.91 Å². The Kier molecular flexibility index (Phi) is 8.20. The Bertz CT molecular complexity index is 1080. The van der Waals surface area contributed by atoms with Crippen LogP contribution in [0.5, 0.6) is 0 Å². The number of carbonyl (C=O) groups excluding carboxylic acids is 1. The lowest BCUT2D eigenvalue weighted by molar-refractivity contribution is -0.116. The summed E-state index contributed by atoms with van der Waals surface area (Å²) in [5.41, 5.74) is 3.06. The molecule has 0 aliphatic carbocycles. The number of aryl methyl sites for hydroxylation is 1. The summed E-state index contributed by atoms with van der Waals surface area (Å²) >= 11 is 0. The van der Waals surface area contributed by atoms with E-state index in [4.69, 9.17) is 0 Å². The molecule has 168 valence electrons. The predicted molar refractivity (Wildman–Crippen MR) is 137 cm³/mol. The standard InChI is InChI=1S/C23H27N7O.HI/c1-3-24-23(28-15-18-12-22(31)29-20-7-5-4-6-19(18)20)27-14-17-8-9-21(26-13-17)30-11-10-25-16(30)2;/h4-11,13,18H,3,12,14-15H2,1-2H3,(H,29,31)(H2,24,27,28);1H. The second kappa shape index (κ2) is 11.1. The van der Waals surface area contributed by atoms with Gasteiger partial charge in [-0.1, -0.05) is 24.3 Å². The number of halogens is 1. The maximum Gasteiger partial charge on any atom is 0.225 e. The van der Waals surface area contributed by atoms with E-state index in [0.29, 0.717) is 19.5 Å². The molecule has 9 heteroatoms. The number of benzene rings is 1. The Morgan fingerprint density at radius 3 is 2.78 bits per heavy atom. The van der Waals surface area contributed by atoms with Crippen molar-refractivity contribution in [3.05, 3.63) is 71.9 Å². The van der Waals surface area contributed by atoms with Crippen LogP contribution in [0.15, 0.2) is 60.0 Å². The lowest BCUT2D eigenvalue weighted by Gasteiger charge is -2.26. The average Bonchev–Trinajstić information content (AvgIpc) is 3.21. The van der Waals surface area contributed by atoms with Crippen molar-refractivity contribution < 1.29 is 4.79 Å². The normalized spacial score (nSPS) is 15.4. The summed E-state index contributed by atoms with van der Waals surface area (Å²) in [6, 6.07) is 12.0. The molecule has 8 nitrogen and oxygen atoms in total. The molecule has 0 radical (unpaired) electrons. The largest absolute Gasteiger partial charge is 0.357 e. The quantitative estimate of drug-likeness (QED) is 0.251. The SMILES string of the molecule is CCNC(=NCc1ccc(-n2ccnc2C)nc1)NCC1CC(=O)Nc2ccccc21.I. The van der Waals surface area contributed by atoms with Crippen molar-refractivity contribution in [2.45, 2.75) is 32.7 Å². The van der Waals surface area contributed by atoms with E-state index in [-0.39, 0.29) is 35.8 Å². The van der Waals surface area contributed by atoms with Crippen molar-refractivity contribution in [2.24, 2.45) is 4.99 Å². The van der Waals surface area contributed by atoms with Gasteiger partial charge in [-0.3, -0.25) is 9.36 Å². The fourth-order valence-electron chi connectivity index (χ4n) is 3.69. The number of nitrogens with zero attached hydrogens (tertiary/aromatic N) is 4. The van der Waals surface area contributed by atoms with Crippen LogP contribution in [-0.4, -0.2) is 39.5 Å². The molecule has 0 saturated heterocycles. The lowest BCUT2D eigenvalue weighted by atomic mass is 9.90. The van der Waals surface area contributed by atoms with Crippen LogP contribution in [0.2, 0.25) is 0 Å². The smallest absolute Gasteiger partial charge is 0.225 e. The molecule has 3 heterocycles. The molecule has 3 N–H and O–H groups in total. The number of nitrogens with one attached hydrogen (secondary N) is 3. The van der Waals surface area contributed by atoms with Gasteiger partial charge in [-0.15, -0.1) is 24.0 Å². The van der Waals surface area contributed by atoms with Crippen LogP contribution in [0.25, 0.3) is 5.82 Å². The number of guanidine groups is 1. The highest BCUT2D eigenvalue weighted by Crippen LogP contribution is 2.31. The molecule has 0 fully saturated rings. The molecule has 1 aliphatic rings. The number of aromatic nitrogens is 3. The summed E-state index contributed by atoms with van der Waals surface area (Å²) in [6.07, 6.45) is 5.95. The number of anilines is 1. The van der Waals surface area contributed by atoms with E-state index in [2.05, 4.69) is 37.0 Å². The molecule has 0 spiro atoms. The topological polar surface area (TPSA) is 96.2 Å². The second-order valence-electron chi connectivity index (χ2n) is 7.48. The average molecular weight is 545 g/mol. The minimum atomic E-state index is 0. The Hall–Kier alpha value is -2.95. The van der Waals surface area contributed by atoms with E-state index in [1.54, 1.807) is 6.20 Å². The van der Waals surface area contributed by atoms with Gasteiger partial charge in [-0.2, -0.15) is 0 Å². The Morgan fingerprint density at radius 1 is 1.22 bits per heavy atom. The summed E-state index contributed by atoms with van der Waals surface area (Å²) in [6.45, 7) is 5.87. The highest BCUT2D eigenvalue weighted by atomic mass is 127. The summed E-state index contributed by atoms with van der Waals surface area (Å²) in [5.74, 6) is 2.61. The number of aliphatic imine (C=N–C) groups is 1. The third-order valence-corrected chi connectivity index (χ3v) is 5.27. The molecular formula is C23H28IN7O. The number of pyridine rings is 1. The van der Waals surface area contributed by atoms with Gasteiger partial charge in [0, 0.05) is 49.7 Å². The maximum atomic E-state index is 12.1. The molecule has 4 rings (SSSR count). The molecule has 1 aliphatic heterocycles. The summed E-state index contributed by atoms with van der Waals surface area (Å²) in [7, 11) is 0. The number of carbonyl (C=O) groups is 1. The van der Waals surface area contributed by atoms with Crippen molar-refractivity contribution in [1.29, 1.82) is 0 Å². The maximum absolute atomic E-state index is 12.1. The van der Waals surface area contributed by atoms with Gasteiger partial charge in [-0.05, 0) is 37.1 Å².